The van der Waals surface area contributed by atoms with Crippen LogP contribution < -0.4 is 14.8 Å². The molecule has 3 aromatic rings. The first-order valence-electron chi connectivity index (χ1n) is 8.45. The minimum Gasteiger partial charge on any atom is -0.493 e. The van der Waals surface area contributed by atoms with Gasteiger partial charge in [0.1, 0.15) is 6.33 Å². The summed E-state index contributed by atoms with van der Waals surface area (Å²) >= 11 is 0. The average Bonchev–Trinajstić information content (AvgIpc) is 3.22. The van der Waals surface area contributed by atoms with Crippen molar-refractivity contribution in [3.8, 4) is 17.2 Å². The molecule has 0 saturated heterocycles. The molecular weight excluding hydrogens is 346 g/mol. The van der Waals surface area contributed by atoms with E-state index in [1.54, 1.807) is 18.9 Å². The van der Waals surface area contributed by atoms with Gasteiger partial charge in [0.15, 0.2) is 11.5 Å². The molecular formula is C19H21N5O3. The summed E-state index contributed by atoms with van der Waals surface area (Å²) in [4.78, 5) is 12.4. The van der Waals surface area contributed by atoms with Crippen LogP contribution in [0, 0.1) is 6.92 Å². The summed E-state index contributed by atoms with van der Waals surface area (Å²) in [6, 6.07) is 11.3. The maximum atomic E-state index is 12.4. The van der Waals surface area contributed by atoms with Gasteiger partial charge in [0.2, 0.25) is 5.91 Å². The van der Waals surface area contributed by atoms with E-state index in [2.05, 4.69) is 20.8 Å². The Balaban J connectivity index is 1.65. The predicted molar refractivity (Wildman–Crippen MR) is 100 cm³/mol. The quantitative estimate of drug-likeness (QED) is 0.690. The van der Waals surface area contributed by atoms with Crippen LogP contribution >= 0.6 is 0 Å². The molecule has 1 amide bonds. The van der Waals surface area contributed by atoms with Gasteiger partial charge in [-0.25, -0.2) is 4.68 Å². The number of hydrogen-bond acceptors (Lipinski definition) is 6. The monoisotopic (exact) mass is 367 g/mol. The molecule has 0 aliphatic carbocycles. The highest BCUT2D eigenvalue weighted by atomic mass is 16.5. The molecule has 0 aliphatic heterocycles. The van der Waals surface area contributed by atoms with Crippen molar-refractivity contribution in [2.75, 3.05) is 19.5 Å². The number of anilines is 1. The Morgan fingerprint density at radius 3 is 2.63 bits per heavy atom. The Kier molecular flexibility index (Phi) is 5.65. The fourth-order valence-electron chi connectivity index (χ4n) is 2.67. The van der Waals surface area contributed by atoms with Crippen LogP contribution in [0.3, 0.4) is 0 Å². The van der Waals surface area contributed by atoms with Crippen molar-refractivity contribution < 1.29 is 14.3 Å². The van der Waals surface area contributed by atoms with E-state index < -0.39 is 0 Å². The molecule has 0 bridgehead atoms. The summed E-state index contributed by atoms with van der Waals surface area (Å²) in [7, 11) is 3.19. The minimum atomic E-state index is -0.0678. The maximum absolute atomic E-state index is 12.4. The Morgan fingerprint density at radius 2 is 1.93 bits per heavy atom. The Hall–Kier alpha value is -3.42. The lowest BCUT2D eigenvalue weighted by molar-refractivity contribution is -0.116. The molecule has 0 aliphatic rings. The van der Waals surface area contributed by atoms with Gasteiger partial charge in [0.25, 0.3) is 0 Å². The molecule has 3 rings (SSSR count). The van der Waals surface area contributed by atoms with Crippen molar-refractivity contribution in [2.24, 2.45) is 0 Å². The van der Waals surface area contributed by atoms with Crippen LogP contribution in [0.1, 0.15) is 17.5 Å². The smallest absolute Gasteiger partial charge is 0.224 e. The minimum absolute atomic E-state index is 0.0678. The van der Waals surface area contributed by atoms with Gasteiger partial charge in [-0.2, -0.15) is 0 Å². The van der Waals surface area contributed by atoms with Gasteiger partial charge in [0.05, 0.1) is 19.9 Å². The number of aryl methyl sites for hydroxylation is 2. The topological polar surface area (TPSA) is 91.2 Å². The van der Waals surface area contributed by atoms with Crippen molar-refractivity contribution in [3.05, 3.63) is 53.9 Å². The molecule has 0 spiro atoms. The molecule has 1 N–H and O–H groups in total. The molecule has 8 nitrogen and oxygen atoms in total. The van der Waals surface area contributed by atoms with Crippen LogP contribution in [-0.2, 0) is 11.2 Å². The zero-order valence-corrected chi connectivity index (χ0v) is 15.5. The second-order valence-corrected chi connectivity index (χ2v) is 5.99. The van der Waals surface area contributed by atoms with Crippen LogP contribution in [-0.4, -0.2) is 40.3 Å². The molecule has 0 fully saturated rings. The molecule has 0 saturated carbocycles. The number of tetrazole rings is 1. The van der Waals surface area contributed by atoms with Crippen LogP contribution in [0.4, 0.5) is 5.69 Å². The van der Waals surface area contributed by atoms with E-state index in [1.165, 1.54) is 6.33 Å². The van der Waals surface area contributed by atoms with Gasteiger partial charge >= 0.3 is 0 Å². The summed E-state index contributed by atoms with van der Waals surface area (Å²) in [5, 5.41) is 14.1. The third kappa shape index (κ3) is 4.41. The van der Waals surface area contributed by atoms with Crippen LogP contribution in [0.2, 0.25) is 0 Å². The van der Waals surface area contributed by atoms with Gasteiger partial charge in [-0.05, 0) is 59.2 Å². The van der Waals surface area contributed by atoms with E-state index in [9.17, 15) is 4.79 Å². The first-order valence-corrected chi connectivity index (χ1v) is 8.45. The Morgan fingerprint density at radius 1 is 1.11 bits per heavy atom. The largest absolute Gasteiger partial charge is 0.493 e. The molecule has 1 heterocycles. The fraction of sp³-hybridized carbons (Fsp3) is 0.263. The van der Waals surface area contributed by atoms with Crippen LogP contribution in [0.25, 0.3) is 5.69 Å². The Bertz CT molecular complexity index is 925. The third-order valence-corrected chi connectivity index (χ3v) is 4.20. The number of carbonyl (C=O) groups excluding carboxylic acids is 1. The van der Waals surface area contributed by atoms with Crippen LogP contribution in [0.5, 0.6) is 11.5 Å². The van der Waals surface area contributed by atoms with Crippen LogP contribution in [0.15, 0.2) is 42.7 Å². The number of carbonyl (C=O) groups is 1. The van der Waals surface area contributed by atoms with Gasteiger partial charge in [-0.1, -0.05) is 12.1 Å². The average molecular weight is 367 g/mol. The van der Waals surface area contributed by atoms with Gasteiger partial charge in [-0.15, -0.1) is 5.10 Å². The molecule has 0 atom stereocenters. The molecule has 0 radical (unpaired) electrons. The third-order valence-electron chi connectivity index (χ3n) is 4.20. The van der Waals surface area contributed by atoms with E-state index in [0.717, 1.165) is 22.5 Å². The first kappa shape index (κ1) is 18.4. The Labute approximate surface area is 157 Å². The second-order valence-electron chi connectivity index (χ2n) is 5.99. The molecule has 1 aromatic heterocycles. The normalized spacial score (nSPS) is 10.5. The highest BCUT2D eigenvalue weighted by Gasteiger charge is 2.10. The number of ether oxygens (including phenoxy) is 2. The number of nitrogens with zero attached hydrogens (tertiary/aromatic N) is 4. The van der Waals surface area contributed by atoms with Crippen molar-refractivity contribution in [1.29, 1.82) is 0 Å². The summed E-state index contributed by atoms with van der Waals surface area (Å²) in [5.41, 5.74) is 3.48. The standard InChI is InChI=1S/C19H21N5O3/c1-13-4-7-15(24-12-20-22-23-24)11-16(13)21-19(25)9-6-14-5-8-17(26-2)18(10-14)27-3/h4-5,7-8,10-12H,6,9H2,1-3H3,(H,21,25). The highest BCUT2D eigenvalue weighted by molar-refractivity contribution is 5.92. The zero-order chi connectivity index (χ0) is 19.2. The predicted octanol–water partition coefficient (Wildman–Crippen LogP) is 2.56. The number of amides is 1. The van der Waals surface area contributed by atoms with Crippen molar-refractivity contribution in [3.63, 3.8) is 0 Å². The lowest BCUT2D eigenvalue weighted by Crippen LogP contribution is -2.13. The lowest BCUT2D eigenvalue weighted by atomic mass is 10.1. The zero-order valence-electron chi connectivity index (χ0n) is 15.5. The number of rotatable bonds is 7. The highest BCUT2D eigenvalue weighted by Crippen LogP contribution is 2.28. The van der Waals surface area contributed by atoms with Crippen molar-refractivity contribution in [1.82, 2.24) is 20.2 Å². The molecule has 8 heteroatoms. The summed E-state index contributed by atoms with van der Waals surface area (Å²) < 4.78 is 12.1. The molecule has 27 heavy (non-hydrogen) atoms. The summed E-state index contributed by atoms with van der Waals surface area (Å²) in [5.74, 6) is 1.25. The molecule has 140 valence electrons. The van der Waals surface area contributed by atoms with E-state index in [0.29, 0.717) is 24.3 Å². The van der Waals surface area contributed by atoms with Gasteiger partial charge in [0, 0.05) is 12.1 Å². The lowest BCUT2D eigenvalue weighted by Gasteiger charge is -2.11. The fourth-order valence-corrected chi connectivity index (χ4v) is 2.67. The van der Waals surface area contributed by atoms with Gasteiger partial charge < -0.3 is 14.8 Å². The summed E-state index contributed by atoms with van der Waals surface area (Å²) in [6.07, 6.45) is 2.45. The molecule has 2 aromatic carbocycles. The number of nitrogens with one attached hydrogen (secondary N) is 1. The van der Waals surface area contributed by atoms with E-state index in [-0.39, 0.29) is 5.91 Å². The number of methoxy groups -OCH3 is 2. The first-order chi connectivity index (χ1) is 13.1. The SMILES string of the molecule is COc1ccc(CCC(=O)Nc2cc(-n3cnnn3)ccc2C)cc1OC. The van der Waals surface area contributed by atoms with E-state index in [4.69, 9.17) is 9.47 Å². The van der Waals surface area contributed by atoms with E-state index in [1.807, 2.05) is 43.3 Å². The second kappa shape index (κ2) is 8.31. The summed E-state index contributed by atoms with van der Waals surface area (Å²) in [6.45, 7) is 1.94. The van der Waals surface area contributed by atoms with Crippen molar-refractivity contribution >= 4 is 11.6 Å². The number of aromatic nitrogens is 4. The number of benzene rings is 2. The maximum Gasteiger partial charge on any atom is 0.224 e. The van der Waals surface area contributed by atoms with Gasteiger partial charge in [-0.3, -0.25) is 4.79 Å². The van der Waals surface area contributed by atoms with E-state index >= 15 is 0 Å². The van der Waals surface area contributed by atoms with Crippen molar-refractivity contribution in [2.45, 2.75) is 19.8 Å². The molecule has 0 unspecified atom stereocenters. The number of hydrogen-bond donors (Lipinski definition) is 1.